The molecule has 1 N–H and O–H groups in total. The van der Waals surface area contributed by atoms with Gasteiger partial charge in [0.2, 0.25) is 5.91 Å². The highest BCUT2D eigenvalue weighted by atomic mass is 79.9. The van der Waals surface area contributed by atoms with Crippen LogP contribution >= 0.6 is 15.9 Å². The average molecular weight is 324 g/mol. The standard InChI is InChI=1S/C11H9BrF3NO2/c1-2-3-10(17)16-7-4-5-9(8(12)6-7)18-11(13,14)15/h2-6H,1H3,(H,16,17)/b3-2+. The number of allylic oxidation sites excluding steroid dienone is 1. The largest absolute Gasteiger partial charge is 0.573 e. The van der Waals surface area contributed by atoms with Gasteiger partial charge in [-0.3, -0.25) is 4.79 Å². The van der Waals surface area contributed by atoms with Crippen molar-refractivity contribution in [3.05, 3.63) is 34.8 Å². The summed E-state index contributed by atoms with van der Waals surface area (Å²) in [6.45, 7) is 1.68. The molecule has 0 heterocycles. The molecule has 0 saturated heterocycles. The maximum atomic E-state index is 12.0. The molecule has 0 unspecified atom stereocenters. The predicted molar refractivity (Wildman–Crippen MR) is 64.3 cm³/mol. The molecule has 0 bridgehead atoms. The maximum Gasteiger partial charge on any atom is 0.573 e. The monoisotopic (exact) mass is 323 g/mol. The van der Waals surface area contributed by atoms with Crippen molar-refractivity contribution in [2.75, 3.05) is 5.32 Å². The Morgan fingerprint density at radius 3 is 2.61 bits per heavy atom. The molecule has 0 radical (unpaired) electrons. The number of amides is 1. The molecule has 1 aromatic carbocycles. The highest BCUT2D eigenvalue weighted by molar-refractivity contribution is 9.10. The van der Waals surface area contributed by atoms with Crippen LogP contribution in [0.1, 0.15) is 6.92 Å². The SMILES string of the molecule is C/C=C/C(=O)Nc1ccc(OC(F)(F)F)c(Br)c1. The quantitative estimate of drug-likeness (QED) is 0.858. The van der Waals surface area contributed by atoms with E-state index in [2.05, 4.69) is 26.0 Å². The van der Waals surface area contributed by atoms with Crippen molar-refractivity contribution in [1.29, 1.82) is 0 Å². The molecule has 7 heteroatoms. The number of hydrogen-bond donors (Lipinski definition) is 1. The number of alkyl halides is 3. The number of rotatable bonds is 3. The summed E-state index contributed by atoms with van der Waals surface area (Å²) in [5, 5.41) is 2.48. The Labute approximate surface area is 110 Å². The van der Waals surface area contributed by atoms with Crippen molar-refractivity contribution in [2.24, 2.45) is 0 Å². The predicted octanol–water partition coefficient (Wildman–Crippen LogP) is 3.86. The number of ether oxygens (including phenoxy) is 1. The Morgan fingerprint density at radius 2 is 2.11 bits per heavy atom. The van der Waals surface area contributed by atoms with E-state index in [1.807, 2.05) is 0 Å². The summed E-state index contributed by atoms with van der Waals surface area (Å²) < 4.78 is 39.9. The van der Waals surface area contributed by atoms with E-state index < -0.39 is 6.36 Å². The molecular formula is C11H9BrF3NO2. The van der Waals surface area contributed by atoms with Crippen LogP contribution in [0.25, 0.3) is 0 Å². The molecule has 0 fully saturated rings. The van der Waals surface area contributed by atoms with Crippen LogP contribution in [0.3, 0.4) is 0 Å². The van der Waals surface area contributed by atoms with E-state index in [1.54, 1.807) is 13.0 Å². The second-order valence-corrected chi connectivity index (χ2v) is 4.04. The van der Waals surface area contributed by atoms with Gasteiger partial charge in [0.25, 0.3) is 0 Å². The van der Waals surface area contributed by atoms with E-state index in [0.29, 0.717) is 5.69 Å². The average Bonchev–Trinajstić information content (AvgIpc) is 2.21. The molecule has 1 rings (SSSR count). The van der Waals surface area contributed by atoms with Crippen molar-refractivity contribution in [3.8, 4) is 5.75 Å². The fourth-order valence-corrected chi connectivity index (χ4v) is 1.58. The van der Waals surface area contributed by atoms with E-state index in [1.165, 1.54) is 18.2 Å². The fourth-order valence-electron chi connectivity index (χ4n) is 1.12. The molecular weight excluding hydrogens is 315 g/mol. The molecule has 0 aliphatic heterocycles. The van der Waals surface area contributed by atoms with Crippen molar-refractivity contribution >= 4 is 27.5 Å². The zero-order valence-corrected chi connectivity index (χ0v) is 10.8. The molecule has 1 aromatic rings. The van der Waals surface area contributed by atoms with Crippen LogP contribution in [0.5, 0.6) is 5.75 Å². The highest BCUT2D eigenvalue weighted by Gasteiger charge is 2.31. The molecule has 0 spiro atoms. The summed E-state index contributed by atoms with van der Waals surface area (Å²) >= 11 is 2.93. The maximum absolute atomic E-state index is 12.0. The first-order chi connectivity index (χ1) is 8.31. The number of halogens is 4. The number of anilines is 1. The second kappa shape index (κ2) is 5.90. The molecule has 1 amide bonds. The third-order valence-corrected chi connectivity index (χ3v) is 2.36. The minimum absolute atomic E-state index is 0.0955. The minimum Gasteiger partial charge on any atom is -0.405 e. The van der Waals surface area contributed by atoms with Crippen LogP contribution in [0, 0.1) is 0 Å². The second-order valence-electron chi connectivity index (χ2n) is 3.18. The first kappa shape index (κ1) is 14.6. The summed E-state index contributed by atoms with van der Waals surface area (Å²) in [5.41, 5.74) is 0.361. The van der Waals surface area contributed by atoms with E-state index in [4.69, 9.17) is 0 Å². The lowest BCUT2D eigenvalue weighted by Gasteiger charge is -2.11. The molecule has 0 saturated carbocycles. The highest BCUT2D eigenvalue weighted by Crippen LogP contribution is 2.32. The number of carbonyl (C=O) groups excluding carboxylic acids is 1. The van der Waals surface area contributed by atoms with Gasteiger partial charge >= 0.3 is 6.36 Å². The van der Waals surface area contributed by atoms with Crippen LogP contribution in [0.2, 0.25) is 0 Å². The summed E-state index contributed by atoms with van der Waals surface area (Å²) in [7, 11) is 0. The van der Waals surface area contributed by atoms with Crippen LogP contribution < -0.4 is 10.1 Å². The zero-order chi connectivity index (χ0) is 13.8. The van der Waals surface area contributed by atoms with Gasteiger partial charge in [-0.25, -0.2) is 0 Å². The Hall–Kier alpha value is -1.50. The number of nitrogens with one attached hydrogen (secondary N) is 1. The van der Waals surface area contributed by atoms with Crippen molar-refractivity contribution in [2.45, 2.75) is 13.3 Å². The minimum atomic E-state index is -4.75. The lowest BCUT2D eigenvalue weighted by Crippen LogP contribution is -2.17. The Balaban J connectivity index is 2.82. The molecule has 3 nitrogen and oxygen atoms in total. The van der Waals surface area contributed by atoms with Gasteiger partial charge in [-0.15, -0.1) is 13.2 Å². The first-order valence-corrected chi connectivity index (χ1v) is 5.60. The van der Waals surface area contributed by atoms with Crippen molar-refractivity contribution < 1.29 is 22.7 Å². The van der Waals surface area contributed by atoms with Gasteiger partial charge in [0.15, 0.2) is 0 Å². The summed E-state index contributed by atoms with van der Waals surface area (Å²) in [6.07, 6.45) is -1.90. The van der Waals surface area contributed by atoms with E-state index in [0.717, 1.165) is 6.07 Å². The van der Waals surface area contributed by atoms with E-state index >= 15 is 0 Å². The van der Waals surface area contributed by atoms with Gasteiger partial charge in [0.1, 0.15) is 5.75 Å². The van der Waals surface area contributed by atoms with Gasteiger partial charge in [-0.05, 0) is 47.1 Å². The van der Waals surface area contributed by atoms with Gasteiger partial charge in [-0.1, -0.05) is 6.08 Å². The molecule has 0 aromatic heterocycles. The van der Waals surface area contributed by atoms with Crippen molar-refractivity contribution in [3.63, 3.8) is 0 Å². The normalized spacial score (nSPS) is 11.6. The van der Waals surface area contributed by atoms with Gasteiger partial charge in [0.05, 0.1) is 4.47 Å². The Morgan fingerprint density at radius 1 is 1.44 bits per heavy atom. The first-order valence-electron chi connectivity index (χ1n) is 4.81. The molecule has 0 aliphatic rings. The topological polar surface area (TPSA) is 38.3 Å². The van der Waals surface area contributed by atoms with E-state index in [9.17, 15) is 18.0 Å². The Bertz CT molecular complexity index is 472. The van der Waals surface area contributed by atoms with Crippen LogP contribution in [0.15, 0.2) is 34.8 Å². The van der Waals surface area contributed by atoms with E-state index in [-0.39, 0.29) is 16.1 Å². The number of hydrogen-bond acceptors (Lipinski definition) is 2. The smallest absolute Gasteiger partial charge is 0.405 e. The van der Waals surface area contributed by atoms with Crippen LogP contribution in [0.4, 0.5) is 18.9 Å². The Kier molecular flexibility index (Phi) is 4.77. The lowest BCUT2D eigenvalue weighted by atomic mass is 10.3. The van der Waals surface area contributed by atoms with Crippen LogP contribution in [-0.2, 0) is 4.79 Å². The summed E-state index contributed by atoms with van der Waals surface area (Å²) in [6, 6.07) is 3.75. The summed E-state index contributed by atoms with van der Waals surface area (Å²) in [4.78, 5) is 11.2. The van der Waals surface area contributed by atoms with Gasteiger partial charge < -0.3 is 10.1 Å². The van der Waals surface area contributed by atoms with Crippen LogP contribution in [-0.4, -0.2) is 12.3 Å². The number of carbonyl (C=O) groups is 1. The molecule has 0 atom stereocenters. The molecule has 0 aliphatic carbocycles. The molecule has 18 heavy (non-hydrogen) atoms. The van der Waals surface area contributed by atoms with Gasteiger partial charge in [-0.2, -0.15) is 0 Å². The third-order valence-electron chi connectivity index (χ3n) is 1.74. The number of benzene rings is 1. The lowest BCUT2D eigenvalue weighted by molar-refractivity contribution is -0.274. The van der Waals surface area contributed by atoms with Crippen molar-refractivity contribution in [1.82, 2.24) is 0 Å². The fraction of sp³-hybridized carbons (Fsp3) is 0.182. The molecule has 98 valence electrons. The zero-order valence-electron chi connectivity index (χ0n) is 9.22. The van der Waals surface area contributed by atoms with Gasteiger partial charge in [0, 0.05) is 5.69 Å². The summed E-state index contributed by atoms with van der Waals surface area (Å²) in [5.74, 6) is -0.736. The third kappa shape index (κ3) is 4.79.